The van der Waals surface area contributed by atoms with Crippen LogP contribution in [0.2, 0.25) is 0 Å². The standard InChI is InChI=1S/C5H7NO3/c1-6-2-3(7)5(9)4(2)8/h5-7,9H,1H3. The van der Waals surface area contributed by atoms with Crippen LogP contribution in [0.3, 0.4) is 0 Å². The minimum atomic E-state index is -1.28. The zero-order chi connectivity index (χ0) is 7.02. The number of rotatable bonds is 1. The van der Waals surface area contributed by atoms with E-state index in [0.29, 0.717) is 0 Å². The van der Waals surface area contributed by atoms with Crippen molar-refractivity contribution in [2.45, 2.75) is 6.10 Å². The van der Waals surface area contributed by atoms with Crippen molar-refractivity contribution in [3.05, 3.63) is 11.5 Å². The monoisotopic (exact) mass is 129 g/mol. The minimum absolute atomic E-state index is 0.113. The van der Waals surface area contributed by atoms with Crippen LogP contribution in [-0.2, 0) is 4.79 Å². The van der Waals surface area contributed by atoms with Gasteiger partial charge in [-0.1, -0.05) is 0 Å². The number of aliphatic hydroxyl groups excluding tert-OH is 2. The van der Waals surface area contributed by atoms with E-state index in [2.05, 4.69) is 5.32 Å². The van der Waals surface area contributed by atoms with Gasteiger partial charge in [0.1, 0.15) is 5.70 Å². The number of ketones is 1. The summed E-state index contributed by atoms with van der Waals surface area (Å²) in [5.74, 6) is -0.711. The molecule has 0 aromatic rings. The molecular formula is C5H7NO3. The molecular weight excluding hydrogens is 122 g/mol. The molecule has 0 amide bonds. The summed E-state index contributed by atoms with van der Waals surface area (Å²) in [6.07, 6.45) is -1.28. The van der Waals surface area contributed by atoms with Crippen LogP contribution in [-0.4, -0.2) is 29.1 Å². The van der Waals surface area contributed by atoms with Gasteiger partial charge in [-0.05, 0) is 0 Å². The average Bonchev–Trinajstić information content (AvgIpc) is 1.89. The minimum Gasteiger partial charge on any atom is -0.507 e. The van der Waals surface area contributed by atoms with E-state index < -0.39 is 11.9 Å². The summed E-state index contributed by atoms with van der Waals surface area (Å²) >= 11 is 0. The van der Waals surface area contributed by atoms with Crippen LogP contribution in [0.15, 0.2) is 11.5 Å². The molecule has 0 aliphatic heterocycles. The molecule has 9 heavy (non-hydrogen) atoms. The molecule has 0 fully saturated rings. The van der Waals surface area contributed by atoms with E-state index in [1.54, 1.807) is 0 Å². The SMILES string of the molecule is CNC1=C(O)C(O)C1=O. The van der Waals surface area contributed by atoms with E-state index in [9.17, 15) is 4.79 Å². The van der Waals surface area contributed by atoms with Gasteiger partial charge in [-0.2, -0.15) is 0 Å². The highest BCUT2D eigenvalue weighted by Crippen LogP contribution is 2.18. The Kier molecular flexibility index (Phi) is 1.17. The van der Waals surface area contributed by atoms with Crippen LogP contribution in [0.4, 0.5) is 0 Å². The summed E-state index contributed by atoms with van der Waals surface area (Å²) in [6, 6.07) is 0. The zero-order valence-corrected chi connectivity index (χ0v) is 4.88. The second-order valence-corrected chi connectivity index (χ2v) is 1.78. The maximum Gasteiger partial charge on any atom is 0.218 e. The highest BCUT2D eigenvalue weighted by atomic mass is 16.3. The van der Waals surface area contributed by atoms with Gasteiger partial charge in [0.05, 0.1) is 0 Å². The third-order valence-corrected chi connectivity index (χ3v) is 1.26. The highest BCUT2D eigenvalue weighted by molar-refractivity contribution is 6.07. The third kappa shape index (κ3) is 0.598. The smallest absolute Gasteiger partial charge is 0.218 e. The average molecular weight is 129 g/mol. The normalized spacial score (nSPS) is 26.0. The van der Waals surface area contributed by atoms with Crippen molar-refractivity contribution in [1.82, 2.24) is 5.32 Å². The van der Waals surface area contributed by atoms with E-state index >= 15 is 0 Å². The third-order valence-electron chi connectivity index (χ3n) is 1.26. The van der Waals surface area contributed by atoms with Gasteiger partial charge in [0.15, 0.2) is 11.9 Å². The number of aliphatic hydroxyl groups is 2. The summed E-state index contributed by atoms with van der Waals surface area (Å²) < 4.78 is 0. The Labute approximate surface area is 51.8 Å². The fourth-order valence-corrected chi connectivity index (χ4v) is 0.697. The van der Waals surface area contributed by atoms with Crippen molar-refractivity contribution >= 4 is 5.78 Å². The predicted molar refractivity (Wildman–Crippen MR) is 29.7 cm³/mol. The Morgan fingerprint density at radius 1 is 1.67 bits per heavy atom. The molecule has 0 bridgehead atoms. The first kappa shape index (κ1) is 6.10. The summed E-state index contributed by atoms with van der Waals surface area (Å²) in [4.78, 5) is 10.5. The molecule has 0 saturated carbocycles. The van der Waals surface area contributed by atoms with Gasteiger partial charge in [0, 0.05) is 7.05 Å². The predicted octanol–water partition coefficient (Wildman–Crippen LogP) is -1.08. The molecule has 1 unspecified atom stereocenters. The molecule has 0 spiro atoms. The summed E-state index contributed by atoms with van der Waals surface area (Å²) in [6.45, 7) is 0. The molecule has 1 aliphatic carbocycles. The molecule has 4 heteroatoms. The molecule has 4 nitrogen and oxygen atoms in total. The Balaban J connectivity index is 2.83. The molecule has 0 aromatic carbocycles. The Morgan fingerprint density at radius 2 is 2.22 bits per heavy atom. The van der Waals surface area contributed by atoms with Gasteiger partial charge in [0.25, 0.3) is 0 Å². The number of hydrogen-bond donors (Lipinski definition) is 3. The lowest BCUT2D eigenvalue weighted by molar-refractivity contribution is -0.127. The van der Waals surface area contributed by atoms with Crippen LogP contribution in [0.1, 0.15) is 0 Å². The first-order valence-corrected chi connectivity index (χ1v) is 2.51. The molecule has 1 aliphatic rings. The molecule has 0 radical (unpaired) electrons. The molecule has 0 aromatic heterocycles. The van der Waals surface area contributed by atoms with Crippen molar-refractivity contribution in [2.75, 3.05) is 7.05 Å². The first-order chi connectivity index (χ1) is 4.18. The van der Waals surface area contributed by atoms with Gasteiger partial charge in [-0.25, -0.2) is 0 Å². The quantitative estimate of drug-likeness (QED) is 0.421. The van der Waals surface area contributed by atoms with E-state index in [4.69, 9.17) is 10.2 Å². The molecule has 0 heterocycles. The van der Waals surface area contributed by atoms with Crippen LogP contribution in [0.25, 0.3) is 0 Å². The topological polar surface area (TPSA) is 69.6 Å². The van der Waals surface area contributed by atoms with Gasteiger partial charge < -0.3 is 15.5 Å². The molecule has 0 saturated heterocycles. The van der Waals surface area contributed by atoms with E-state index in [0.717, 1.165) is 0 Å². The second kappa shape index (κ2) is 1.73. The summed E-state index contributed by atoms with van der Waals surface area (Å²) in [7, 11) is 1.51. The Hall–Kier alpha value is -1.03. The van der Waals surface area contributed by atoms with Gasteiger partial charge in [-0.3, -0.25) is 4.79 Å². The fraction of sp³-hybridized carbons (Fsp3) is 0.400. The van der Waals surface area contributed by atoms with E-state index in [1.807, 2.05) is 0 Å². The molecule has 50 valence electrons. The van der Waals surface area contributed by atoms with Crippen molar-refractivity contribution in [3.8, 4) is 0 Å². The highest BCUT2D eigenvalue weighted by Gasteiger charge is 2.37. The first-order valence-electron chi connectivity index (χ1n) is 2.51. The second-order valence-electron chi connectivity index (χ2n) is 1.78. The van der Waals surface area contributed by atoms with Crippen LogP contribution >= 0.6 is 0 Å². The number of carbonyl (C=O) groups is 1. The summed E-state index contributed by atoms with van der Waals surface area (Å²) in [5, 5.41) is 19.7. The lowest BCUT2D eigenvalue weighted by Crippen LogP contribution is -2.41. The Morgan fingerprint density at radius 3 is 2.44 bits per heavy atom. The van der Waals surface area contributed by atoms with Crippen molar-refractivity contribution < 1.29 is 15.0 Å². The van der Waals surface area contributed by atoms with Crippen molar-refractivity contribution in [2.24, 2.45) is 0 Å². The molecule has 1 rings (SSSR count). The lowest BCUT2D eigenvalue weighted by atomic mass is 9.98. The lowest BCUT2D eigenvalue weighted by Gasteiger charge is -2.22. The molecule has 1 atom stereocenters. The largest absolute Gasteiger partial charge is 0.507 e. The van der Waals surface area contributed by atoms with Gasteiger partial charge >= 0.3 is 0 Å². The summed E-state index contributed by atoms with van der Waals surface area (Å²) in [5.41, 5.74) is 0.113. The maximum absolute atomic E-state index is 10.5. The fourth-order valence-electron chi connectivity index (χ4n) is 0.697. The Bertz CT molecular complexity index is 185. The van der Waals surface area contributed by atoms with Gasteiger partial charge in [0.2, 0.25) is 5.78 Å². The van der Waals surface area contributed by atoms with Crippen molar-refractivity contribution in [1.29, 1.82) is 0 Å². The number of Topliss-reactive ketones (excluding diaryl/α,β-unsaturated/α-hetero) is 1. The molecule has 3 N–H and O–H groups in total. The number of nitrogens with one attached hydrogen (secondary N) is 1. The van der Waals surface area contributed by atoms with Crippen molar-refractivity contribution in [3.63, 3.8) is 0 Å². The van der Waals surface area contributed by atoms with Gasteiger partial charge in [-0.15, -0.1) is 0 Å². The van der Waals surface area contributed by atoms with Crippen LogP contribution in [0.5, 0.6) is 0 Å². The van der Waals surface area contributed by atoms with Crippen LogP contribution in [0, 0.1) is 0 Å². The number of carbonyl (C=O) groups excluding carboxylic acids is 1. The number of hydrogen-bond acceptors (Lipinski definition) is 4. The van der Waals surface area contributed by atoms with E-state index in [1.165, 1.54) is 7.05 Å². The van der Waals surface area contributed by atoms with Crippen LogP contribution < -0.4 is 5.32 Å². The van der Waals surface area contributed by atoms with E-state index in [-0.39, 0.29) is 11.5 Å². The number of likely N-dealkylation sites (N-methyl/N-ethyl adjacent to an activating group) is 1. The maximum atomic E-state index is 10.5. The zero-order valence-electron chi connectivity index (χ0n) is 4.88.